The number of carbonyl (C=O) groups is 2. The average molecular weight is 370 g/mol. The highest BCUT2D eigenvalue weighted by molar-refractivity contribution is 5.89. The Morgan fingerprint density at radius 2 is 1.22 bits per heavy atom. The normalized spacial score (nSPS) is 9.93. The first-order chi connectivity index (χ1) is 13.0. The molecular formula is C23H30O4. The van der Waals surface area contributed by atoms with Gasteiger partial charge in [0.2, 0.25) is 0 Å². The molecule has 0 bridgehead atoms. The van der Waals surface area contributed by atoms with Gasteiger partial charge in [0.05, 0.1) is 24.3 Å². The molecule has 2 rings (SSSR count). The van der Waals surface area contributed by atoms with Crippen LogP contribution in [0.1, 0.15) is 60.7 Å². The quantitative estimate of drug-likeness (QED) is 0.453. The van der Waals surface area contributed by atoms with E-state index in [1.165, 1.54) is 0 Å². The van der Waals surface area contributed by atoms with Crippen molar-refractivity contribution in [1.82, 2.24) is 0 Å². The van der Waals surface area contributed by atoms with Crippen LogP contribution in [-0.2, 0) is 9.47 Å². The van der Waals surface area contributed by atoms with Crippen LogP contribution in [0.2, 0.25) is 0 Å². The van der Waals surface area contributed by atoms with E-state index in [0.717, 1.165) is 19.3 Å². The summed E-state index contributed by atoms with van der Waals surface area (Å²) in [5.41, 5.74) is 1.25. The summed E-state index contributed by atoms with van der Waals surface area (Å²) in [4.78, 5) is 22.7. The van der Waals surface area contributed by atoms with Crippen molar-refractivity contribution < 1.29 is 19.1 Å². The number of unbranched alkanes of at least 4 members (excludes halogenated alkanes) is 1. The molecule has 2 aromatic rings. The molecule has 0 heterocycles. The largest absolute Gasteiger partial charge is 0.462 e. The molecule has 0 N–H and O–H groups in total. The van der Waals surface area contributed by atoms with Crippen molar-refractivity contribution in [2.75, 3.05) is 13.2 Å². The molecule has 2 aromatic carbocycles. The van der Waals surface area contributed by atoms with Crippen LogP contribution in [0.4, 0.5) is 0 Å². The lowest BCUT2D eigenvalue weighted by molar-refractivity contribution is 0.0483. The number of esters is 2. The van der Waals surface area contributed by atoms with E-state index in [1.54, 1.807) is 24.3 Å². The van der Waals surface area contributed by atoms with Gasteiger partial charge in [-0.3, -0.25) is 0 Å². The summed E-state index contributed by atoms with van der Waals surface area (Å²) < 4.78 is 10.1. The summed E-state index contributed by atoms with van der Waals surface area (Å²) in [6, 6.07) is 18.1. The van der Waals surface area contributed by atoms with Crippen LogP contribution in [0, 0.1) is 5.92 Å². The van der Waals surface area contributed by atoms with E-state index in [0.29, 0.717) is 30.3 Å². The van der Waals surface area contributed by atoms with Gasteiger partial charge in [-0.2, -0.15) is 0 Å². The maximum Gasteiger partial charge on any atom is 0.338 e. The smallest absolute Gasteiger partial charge is 0.338 e. The minimum atomic E-state index is -0.230. The van der Waals surface area contributed by atoms with Gasteiger partial charge in [0.1, 0.15) is 0 Å². The van der Waals surface area contributed by atoms with Gasteiger partial charge < -0.3 is 9.47 Å². The van der Waals surface area contributed by atoms with E-state index in [2.05, 4.69) is 20.8 Å². The fourth-order valence-corrected chi connectivity index (χ4v) is 2.01. The van der Waals surface area contributed by atoms with Crippen LogP contribution in [-0.4, -0.2) is 25.2 Å². The Hall–Kier alpha value is -2.62. The molecule has 0 aliphatic carbocycles. The number of hydrogen-bond donors (Lipinski definition) is 0. The zero-order valence-corrected chi connectivity index (χ0v) is 16.5. The standard InChI is InChI=1S/C12H16O2.C11H14O2/c1-10(2)8-9-14-12(13)11-6-4-3-5-7-11;1-2-3-9-13-11(12)10-7-5-4-6-8-10/h3-7,10H,8-9H2,1-2H3;4-8H,2-3,9H2,1H3. The van der Waals surface area contributed by atoms with Crippen LogP contribution >= 0.6 is 0 Å². The van der Waals surface area contributed by atoms with E-state index in [4.69, 9.17) is 9.47 Å². The number of hydrogen-bond acceptors (Lipinski definition) is 4. The second-order valence-electron chi connectivity index (χ2n) is 6.54. The van der Waals surface area contributed by atoms with Gasteiger partial charge in [-0.05, 0) is 43.0 Å². The van der Waals surface area contributed by atoms with E-state index >= 15 is 0 Å². The van der Waals surface area contributed by atoms with Gasteiger partial charge in [-0.25, -0.2) is 9.59 Å². The second-order valence-corrected chi connectivity index (χ2v) is 6.54. The maximum atomic E-state index is 11.4. The van der Waals surface area contributed by atoms with Gasteiger partial charge in [0.25, 0.3) is 0 Å². The van der Waals surface area contributed by atoms with Crippen molar-refractivity contribution in [3.8, 4) is 0 Å². The zero-order chi connectivity index (χ0) is 19.9. The van der Waals surface area contributed by atoms with E-state index < -0.39 is 0 Å². The van der Waals surface area contributed by atoms with E-state index in [9.17, 15) is 9.59 Å². The van der Waals surface area contributed by atoms with Gasteiger partial charge in [0.15, 0.2) is 0 Å². The third kappa shape index (κ3) is 10.2. The molecule has 0 fully saturated rings. The van der Waals surface area contributed by atoms with Crippen molar-refractivity contribution in [2.24, 2.45) is 5.92 Å². The predicted molar refractivity (Wildman–Crippen MR) is 108 cm³/mol. The van der Waals surface area contributed by atoms with Crippen molar-refractivity contribution in [1.29, 1.82) is 0 Å². The average Bonchev–Trinajstić information content (AvgIpc) is 2.69. The van der Waals surface area contributed by atoms with Crippen LogP contribution in [0.25, 0.3) is 0 Å². The lowest BCUT2D eigenvalue weighted by atomic mass is 10.1. The van der Waals surface area contributed by atoms with E-state index in [-0.39, 0.29) is 11.9 Å². The predicted octanol–water partition coefficient (Wildman–Crippen LogP) is 5.53. The summed E-state index contributed by atoms with van der Waals surface area (Å²) >= 11 is 0. The lowest BCUT2D eigenvalue weighted by Crippen LogP contribution is -2.07. The van der Waals surface area contributed by atoms with Gasteiger partial charge in [-0.1, -0.05) is 63.6 Å². The number of carbonyl (C=O) groups excluding carboxylic acids is 2. The van der Waals surface area contributed by atoms with Crippen LogP contribution in [0.15, 0.2) is 60.7 Å². The molecule has 0 aliphatic heterocycles. The highest BCUT2D eigenvalue weighted by Crippen LogP contribution is 2.04. The molecule has 0 unspecified atom stereocenters. The Bertz CT molecular complexity index is 651. The van der Waals surface area contributed by atoms with Gasteiger partial charge in [0, 0.05) is 0 Å². The molecule has 0 saturated heterocycles. The zero-order valence-electron chi connectivity index (χ0n) is 16.5. The second kappa shape index (κ2) is 13.6. The Morgan fingerprint density at radius 3 is 1.63 bits per heavy atom. The SMILES string of the molecule is CC(C)CCOC(=O)c1ccccc1.CCCCOC(=O)c1ccccc1. The fraction of sp³-hybridized carbons (Fsp3) is 0.391. The molecule has 146 valence electrons. The lowest BCUT2D eigenvalue weighted by Gasteiger charge is -2.06. The summed E-state index contributed by atoms with van der Waals surface area (Å²) in [6.07, 6.45) is 2.89. The molecule has 4 nitrogen and oxygen atoms in total. The molecule has 0 saturated carbocycles. The molecule has 0 aromatic heterocycles. The minimum Gasteiger partial charge on any atom is -0.462 e. The van der Waals surface area contributed by atoms with Crippen LogP contribution in [0.5, 0.6) is 0 Å². The topological polar surface area (TPSA) is 52.6 Å². The Kier molecular flexibility index (Phi) is 11.3. The van der Waals surface area contributed by atoms with Crippen molar-refractivity contribution >= 4 is 11.9 Å². The van der Waals surface area contributed by atoms with Crippen molar-refractivity contribution in [3.05, 3.63) is 71.8 Å². The van der Waals surface area contributed by atoms with Gasteiger partial charge in [-0.15, -0.1) is 0 Å². The first-order valence-electron chi connectivity index (χ1n) is 9.49. The van der Waals surface area contributed by atoms with Crippen LogP contribution < -0.4 is 0 Å². The minimum absolute atomic E-state index is 0.228. The van der Waals surface area contributed by atoms with E-state index in [1.807, 2.05) is 36.4 Å². The third-order valence-electron chi connectivity index (χ3n) is 3.68. The highest BCUT2D eigenvalue weighted by Gasteiger charge is 2.05. The molecule has 0 aliphatic rings. The summed E-state index contributed by atoms with van der Waals surface area (Å²) in [7, 11) is 0. The monoisotopic (exact) mass is 370 g/mol. The maximum absolute atomic E-state index is 11.4. The molecule has 0 radical (unpaired) electrons. The Morgan fingerprint density at radius 1 is 0.778 bits per heavy atom. The van der Waals surface area contributed by atoms with Crippen molar-refractivity contribution in [3.63, 3.8) is 0 Å². The molecule has 0 amide bonds. The molecular weight excluding hydrogens is 340 g/mol. The third-order valence-corrected chi connectivity index (χ3v) is 3.68. The highest BCUT2D eigenvalue weighted by atomic mass is 16.5. The molecule has 0 atom stereocenters. The first kappa shape index (κ1) is 22.4. The fourth-order valence-electron chi connectivity index (χ4n) is 2.01. The first-order valence-corrected chi connectivity index (χ1v) is 9.49. The summed E-state index contributed by atoms with van der Waals surface area (Å²) in [5, 5.41) is 0. The van der Waals surface area contributed by atoms with Crippen molar-refractivity contribution in [2.45, 2.75) is 40.0 Å². The molecule has 0 spiro atoms. The summed E-state index contributed by atoms with van der Waals surface area (Å²) in [6.45, 7) is 7.30. The Balaban J connectivity index is 0.000000271. The molecule has 27 heavy (non-hydrogen) atoms. The number of rotatable bonds is 8. The number of benzene rings is 2. The van der Waals surface area contributed by atoms with Gasteiger partial charge >= 0.3 is 11.9 Å². The molecule has 4 heteroatoms. The number of ether oxygens (including phenoxy) is 2. The Labute approximate surface area is 162 Å². The van der Waals surface area contributed by atoms with Crippen LogP contribution in [0.3, 0.4) is 0 Å². The summed E-state index contributed by atoms with van der Waals surface area (Å²) in [5.74, 6) is 0.110.